The topological polar surface area (TPSA) is 36.4 Å². The molecule has 18 heavy (non-hydrogen) atoms. The van der Waals surface area contributed by atoms with E-state index in [1.54, 1.807) is 0 Å². The number of hydrogen-bond donors (Lipinski definition) is 1. The average Bonchev–Trinajstić information content (AvgIpc) is 2.38. The van der Waals surface area contributed by atoms with Crippen LogP contribution < -0.4 is 4.90 Å². The Morgan fingerprint density at radius 2 is 1.94 bits per heavy atom. The van der Waals surface area contributed by atoms with Gasteiger partial charge >= 0.3 is 0 Å². The van der Waals surface area contributed by atoms with Gasteiger partial charge in [0.1, 0.15) is 5.82 Å². The summed E-state index contributed by atoms with van der Waals surface area (Å²) in [5.74, 6) is 1.81. The molecule has 1 N–H and O–H groups in total. The Morgan fingerprint density at radius 3 is 2.50 bits per heavy atom. The highest BCUT2D eigenvalue weighted by Gasteiger charge is 2.29. The van der Waals surface area contributed by atoms with Crippen molar-refractivity contribution < 1.29 is 5.11 Å². The van der Waals surface area contributed by atoms with Crippen LogP contribution in [0, 0.1) is 11.3 Å². The van der Waals surface area contributed by atoms with Gasteiger partial charge < -0.3 is 10.0 Å². The second-order valence-corrected chi connectivity index (χ2v) is 6.27. The van der Waals surface area contributed by atoms with E-state index in [0.717, 1.165) is 30.5 Å². The van der Waals surface area contributed by atoms with E-state index in [9.17, 15) is 0 Å². The van der Waals surface area contributed by atoms with E-state index in [1.807, 2.05) is 18.2 Å². The minimum absolute atomic E-state index is 0.0201. The van der Waals surface area contributed by atoms with Crippen molar-refractivity contribution in [2.24, 2.45) is 11.3 Å². The van der Waals surface area contributed by atoms with Crippen LogP contribution in [0.3, 0.4) is 0 Å². The van der Waals surface area contributed by atoms with Crippen LogP contribution in [0.2, 0.25) is 0 Å². The Labute approximate surface area is 110 Å². The Bertz CT molecular complexity index is 390. The first kappa shape index (κ1) is 13.3. The van der Waals surface area contributed by atoms with E-state index in [4.69, 9.17) is 5.11 Å². The lowest BCUT2D eigenvalue weighted by atomic mass is 9.75. The second kappa shape index (κ2) is 5.27. The lowest BCUT2D eigenvalue weighted by Gasteiger charge is -2.39. The maximum absolute atomic E-state index is 9.13. The molecular weight excluding hydrogens is 224 g/mol. The molecule has 1 fully saturated rings. The Kier molecular flexibility index (Phi) is 3.91. The van der Waals surface area contributed by atoms with Crippen molar-refractivity contribution in [2.45, 2.75) is 40.2 Å². The fraction of sp³-hybridized carbons (Fsp3) is 0.667. The molecule has 1 aliphatic rings. The summed E-state index contributed by atoms with van der Waals surface area (Å²) in [7, 11) is 0. The van der Waals surface area contributed by atoms with Crippen LogP contribution in [0.4, 0.5) is 5.82 Å². The molecule has 0 aromatic carbocycles. The van der Waals surface area contributed by atoms with E-state index < -0.39 is 0 Å². The van der Waals surface area contributed by atoms with Gasteiger partial charge in [-0.3, -0.25) is 0 Å². The summed E-state index contributed by atoms with van der Waals surface area (Å²) in [6.45, 7) is 9.16. The predicted molar refractivity (Wildman–Crippen MR) is 74.6 cm³/mol. The van der Waals surface area contributed by atoms with Gasteiger partial charge in [0, 0.05) is 13.1 Å². The third-order valence-electron chi connectivity index (χ3n) is 4.00. The van der Waals surface area contributed by atoms with Crippen LogP contribution in [-0.2, 0) is 6.61 Å². The van der Waals surface area contributed by atoms with Gasteiger partial charge in [0.15, 0.2) is 0 Å². The summed E-state index contributed by atoms with van der Waals surface area (Å²) in [6.07, 6.45) is 2.46. The molecule has 2 heterocycles. The molecule has 2 rings (SSSR count). The summed E-state index contributed by atoms with van der Waals surface area (Å²) >= 11 is 0. The van der Waals surface area contributed by atoms with E-state index in [2.05, 4.69) is 30.7 Å². The van der Waals surface area contributed by atoms with E-state index in [-0.39, 0.29) is 6.61 Å². The largest absolute Gasteiger partial charge is 0.390 e. The first-order valence-electron chi connectivity index (χ1n) is 6.82. The number of hydrogen-bond acceptors (Lipinski definition) is 3. The predicted octanol–water partition coefficient (Wildman–Crippen LogP) is 2.84. The molecular formula is C15H24N2O. The second-order valence-electron chi connectivity index (χ2n) is 6.27. The molecule has 0 unspecified atom stereocenters. The number of rotatable bonds is 2. The van der Waals surface area contributed by atoms with Crippen molar-refractivity contribution in [1.82, 2.24) is 4.98 Å². The van der Waals surface area contributed by atoms with Crippen LogP contribution in [0.1, 0.15) is 39.3 Å². The number of piperidine rings is 1. The monoisotopic (exact) mass is 248 g/mol. The van der Waals surface area contributed by atoms with Crippen LogP contribution in [-0.4, -0.2) is 23.2 Å². The summed E-state index contributed by atoms with van der Waals surface area (Å²) in [4.78, 5) is 6.81. The Balaban J connectivity index is 2.01. The number of nitrogens with zero attached hydrogens (tertiary/aromatic N) is 2. The standard InChI is InChI=1S/C15H24N2O/c1-15(2,3)12-7-9-17(10-8-12)14-6-4-5-13(11-18)16-14/h4-6,12,18H,7-11H2,1-3H3. The highest BCUT2D eigenvalue weighted by Crippen LogP contribution is 2.35. The Morgan fingerprint density at radius 1 is 1.28 bits per heavy atom. The summed E-state index contributed by atoms with van der Waals surface area (Å²) in [5.41, 5.74) is 1.16. The quantitative estimate of drug-likeness (QED) is 0.874. The molecule has 0 radical (unpaired) electrons. The smallest absolute Gasteiger partial charge is 0.128 e. The van der Waals surface area contributed by atoms with Gasteiger partial charge in [-0.2, -0.15) is 0 Å². The maximum atomic E-state index is 9.13. The Hall–Kier alpha value is -1.09. The molecule has 3 heteroatoms. The number of aromatic nitrogens is 1. The molecule has 1 saturated heterocycles. The lowest BCUT2D eigenvalue weighted by Crippen LogP contribution is -2.38. The van der Waals surface area contributed by atoms with E-state index in [0.29, 0.717) is 5.41 Å². The zero-order valence-corrected chi connectivity index (χ0v) is 11.7. The first-order valence-corrected chi connectivity index (χ1v) is 6.82. The van der Waals surface area contributed by atoms with Gasteiger partial charge in [-0.15, -0.1) is 0 Å². The highest BCUT2D eigenvalue weighted by molar-refractivity contribution is 5.39. The molecule has 0 spiro atoms. The number of aliphatic hydroxyl groups is 1. The molecule has 1 aromatic rings. The van der Waals surface area contributed by atoms with Gasteiger partial charge in [-0.1, -0.05) is 26.8 Å². The first-order chi connectivity index (χ1) is 8.50. The summed E-state index contributed by atoms with van der Waals surface area (Å²) in [6, 6.07) is 5.88. The van der Waals surface area contributed by atoms with Crippen LogP contribution in [0.15, 0.2) is 18.2 Å². The average molecular weight is 248 g/mol. The molecule has 0 atom stereocenters. The molecule has 0 bridgehead atoms. The lowest BCUT2D eigenvalue weighted by molar-refractivity contribution is 0.198. The fourth-order valence-electron chi connectivity index (χ4n) is 2.71. The van der Waals surface area contributed by atoms with Crippen LogP contribution in [0.25, 0.3) is 0 Å². The van der Waals surface area contributed by atoms with Crippen molar-refractivity contribution in [1.29, 1.82) is 0 Å². The fourth-order valence-corrected chi connectivity index (χ4v) is 2.71. The van der Waals surface area contributed by atoms with Gasteiger partial charge in [-0.05, 0) is 36.3 Å². The van der Waals surface area contributed by atoms with Gasteiger partial charge in [0.2, 0.25) is 0 Å². The number of aliphatic hydroxyl groups excluding tert-OH is 1. The zero-order chi connectivity index (χ0) is 13.2. The van der Waals surface area contributed by atoms with Crippen LogP contribution in [0.5, 0.6) is 0 Å². The highest BCUT2D eigenvalue weighted by atomic mass is 16.3. The molecule has 3 nitrogen and oxygen atoms in total. The number of anilines is 1. The van der Waals surface area contributed by atoms with E-state index in [1.165, 1.54) is 12.8 Å². The normalized spacial score (nSPS) is 18.1. The minimum Gasteiger partial charge on any atom is -0.390 e. The molecule has 0 aliphatic carbocycles. The third kappa shape index (κ3) is 3.02. The van der Waals surface area contributed by atoms with Crippen molar-refractivity contribution >= 4 is 5.82 Å². The van der Waals surface area contributed by atoms with Crippen molar-refractivity contribution in [2.75, 3.05) is 18.0 Å². The van der Waals surface area contributed by atoms with Crippen LogP contribution >= 0.6 is 0 Å². The number of pyridine rings is 1. The molecule has 1 aromatic heterocycles. The van der Waals surface area contributed by atoms with Crippen molar-refractivity contribution in [3.63, 3.8) is 0 Å². The van der Waals surface area contributed by atoms with Crippen molar-refractivity contribution in [3.05, 3.63) is 23.9 Å². The van der Waals surface area contributed by atoms with Gasteiger partial charge in [-0.25, -0.2) is 4.98 Å². The van der Waals surface area contributed by atoms with Crippen molar-refractivity contribution in [3.8, 4) is 0 Å². The summed E-state index contributed by atoms with van der Waals surface area (Å²) < 4.78 is 0. The minimum atomic E-state index is 0.0201. The molecule has 0 amide bonds. The van der Waals surface area contributed by atoms with Gasteiger partial charge in [0.05, 0.1) is 12.3 Å². The molecule has 0 saturated carbocycles. The molecule has 1 aliphatic heterocycles. The SMILES string of the molecule is CC(C)(C)C1CCN(c2cccc(CO)n2)CC1. The van der Waals surface area contributed by atoms with Gasteiger partial charge in [0.25, 0.3) is 0 Å². The third-order valence-corrected chi connectivity index (χ3v) is 4.00. The zero-order valence-electron chi connectivity index (χ0n) is 11.7. The summed E-state index contributed by atoms with van der Waals surface area (Å²) in [5, 5.41) is 9.13. The molecule has 100 valence electrons. The van der Waals surface area contributed by atoms with E-state index >= 15 is 0 Å². The maximum Gasteiger partial charge on any atom is 0.128 e.